The number of carbonyl (C=O) groups excluding carboxylic acids is 2. The molecule has 0 atom stereocenters. The number of hydrogen-bond acceptors (Lipinski definition) is 3. The van der Waals surface area contributed by atoms with Gasteiger partial charge in [-0.1, -0.05) is 68.0 Å². The van der Waals surface area contributed by atoms with Crippen LogP contribution in [-0.2, 0) is 14.3 Å². The number of carbonyl (C=O) groups is 2. The van der Waals surface area contributed by atoms with Crippen LogP contribution in [0.4, 0.5) is 0 Å². The third-order valence-corrected chi connectivity index (χ3v) is 3.69. The molecule has 0 saturated heterocycles. The van der Waals surface area contributed by atoms with E-state index in [4.69, 9.17) is 4.74 Å². The van der Waals surface area contributed by atoms with Crippen LogP contribution in [0.15, 0.2) is 70.9 Å². The molecule has 3 heteroatoms. The van der Waals surface area contributed by atoms with Crippen LogP contribution < -0.4 is 0 Å². The quantitative estimate of drug-likeness (QED) is 0.319. The van der Waals surface area contributed by atoms with Gasteiger partial charge in [0, 0.05) is 16.7 Å². The topological polar surface area (TPSA) is 43.4 Å². The molecule has 0 saturated carbocycles. The van der Waals surface area contributed by atoms with E-state index >= 15 is 0 Å². The molecule has 0 aliphatic carbocycles. The lowest BCUT2D eigenvalue weighted by atomic mass is 9.94. The Kier molecular flexibility index (Phi) is 11.7. The standard InChI is InChI=1S/C22H30O3/c1-7-10-12-14-16-20(18(5)22(24)25-6)21(23)19(17(4)9-3)15-13-11-8-2/h8,10-16H,7,9H2,1-6H3/b11-8-,12-10+,15-13-,16-14-,19-17-,20-18-. The van der Waals surface area contributed by atoms with Crippen LogP contribution in [0.25, 0.3) is 0 Å². The molecule has 25 heavy (non-hydrogen) atoms. The molecule has 0 bridgehead atoms. The van der Waals surface area contributed by atoms with Crippen molar-refractivity contribution in [2.45, 2.75) is 47.5 Å². The number of ketones is 1. The van der Waals surface area contributed by atoms with E-state index in [-0.39, 0.29) is 5.78 Å². The Labute approximate surface area is 152 Å². The lowest BCUT2D eigenvalue weighted by molar-refractivity contribution is -0.136. The molecule has 0 aromatic rings. The monoisotopic (exact) mass is 342 g/mol. The van der Waals surface area contributed by atoms with Gasteiger partial charge in [-0.2, -0.15) is 0 Å². The zero-order valence-electron chi connectivity index (χ0n) is 16.3. The minimum Gasteiger partial charge on any atom is -0.466 e. The van der Waals surface area contributed by atoms with Gasteiger partial charge in [-0.05, 0) is 33.6 Å². The van der Waals surface area contributed by atoms with E-state index < -0.39 is 5.97 Å². The molecule has 0 unspecified atom stereocenters. The summed E-state index contributed by atoms with van der Waals surface area (Å²) < 4.78 is 4.79. The molecule has 0 aliphatic rings. The summed E-state index contributed by atoms with van der Waals surface area (Å²) in [5.74, 6) is -0.678. The molecular weight excluding hydrogens is 312 g/mol. The van der Waals surface area contributed by atoms with E-state index in [1.165, 1.54) is 7.11 Å². The fourth-order valence-electron chi connectivity index (χ4n) is 2.01. The summed E-state index contributed by atoms with van der Waals surface area (Å²) in [5, 5.41) is 0. The first-order valence-electron chi connectivity index (χ1n) is 8.60. The SMILES string of the molecule is C\C=C/C=C\C(C(=O)C(/C=C\C=C\CC)=C(/C)C(=O)OC)=C(/C)CC. The molecule has 0 aromatic heterocycles. The number of methoxy groups -OCH3 is 1. The number of Topliss-reactive ketones (excluding diaryl/α,β-unsaturated/α-hetero) is 1. The minimum absolute atomic E-state index is 0.177. The molecule has 0 aliphatic heterocycles. The summed E-state index contributed by atoms with van der Waals surface area (Å²) in [7, 11) is 1.31. The highest BCUT2D eigenvalue weighted by molar-refractivity contribution is 6.15. The summed E-state index contributed by atoms with van der Waals surface area (Å²) in [6, 6.07) is 0. The molecule has 0 radical (unpaired) electrons. The van der Waals surface area contributed by atoms with Crippen LogP contribution in [0.3, 0.4) is 0 Å². The summed E-state index contributed by atoms with van der Waals surface area (Å²) in [4.78, 5) is 25.0. The second kappa shape index (κ2) is 12.9. The Hall–Kier alpha value is -2.42. The van der Waals surface area contributed by atoms with Crippen molar-refractivity contribution >= 4 is 11.8 Å². The minimum atomic E-state index is -0.501. The van der Waals surface area contributed by atoms with Crippen molar-refractivity contribution in [2.75, 3.05) is 7.11 Å². The maximum absolute atomic E-state index is 13.1. The Balaban J connectivity index is 6.14. The van der Waals surface area contributed by atoms with Crippen LogP contribution in [0.2, 0.25) is 0 Å². The van der Waals surface area contributed by atoms with Crippen molar-refractivity contribution in [3.8, 4) is 0 Å². The van der Waals surface area contributed by atoms with Gasteiger partial charge >= 0.3 is 5.97 Å². The van der Waals surface area contributed by atoms with Gasteiger partial charge in [0.15, 0.2) is 5.78 Å². The molecule has 136 valence electrons. The average Bonchev–Trinajstić information content (AvgIpc) is 2.63. The number of allylic oxidation sites excluding steroid dienone is 11. The summed E-state index contributed by atoms with van der Waals surface area (Å²) in [5.41, 5.74) is 2.22. The normalized spacial score (nSPS) is 14.5. The zero-order valence-corrected chi connectivity index (χ0v) is 16.3. The van der Waals surface area contributed by atoms with Gasteiger partial charge in [-0.3, -0.25) is 4.79 Å². The second-order valence-electron chi connectivity index (χ2n) is 5.49. The fraction of sp³-hybridized carbons (Fsp3) is 0.364. The van der Waals surface area contributed by atoms with Crippen LogP contribution in [0, 0.1) is 0 Å². The van der Waals surface area contributed by atoms with Gasteiger partial charge in [-0.15, -0.1) is 0 Å². The molecule has 0 N–H and O–H groups in total. The summed E-state index contributed by atoms with van der Waals surface area (Å²) in [6.07, 6.45) is 16.3. The Morgan fingerprint density at radius 2 is 1.52 bits per heavy atom. The smallest absolute Gasteiger partial charge is 0.334 e. The van der Waals surface area contributed by atoms with Gasteiger partial charge in [0.2, 0.25) is 0 Å². The number of ether oxygens (including phenoxy) is 1. The van der Waals surface area contributed by atoms with Crippen LogP contribution in [-0.4, -0.2) is 18.9 Å². The highest BCUT2D eigenvalue weighted by Gasteiger charge is 2.19. The molecule has 0 aromatic carbocycles. The molecule has 0 amide bonds. The molecule has 0 spiro atoms. The molecule has 0 fully saturated rings. The van der Waals surface area contributed by atoms with E-state index in [2.05, 4.69) is 0 Å². The van der Waals surface area contributed by atoms with Gasteiger partial charge in [0.1, 0.15) is 0 Å². The van der Waals surface area contributed by atoms with Gasteiger partial charge in [0.05, 0.1) is 7.11 Å². The van der Waals surface area contributed by atoms with Crippen molar-refractivity contribution < 1.29 is 14.3 Å². The van der Waals surface area contributed by atoms with Crippen molar-refractivity contribution in [1.29, 1.82) is 0 Å². The first-order chi connectivity index (χ1) is 11.9. The molecular formula is C22H30O3. The van der Waals surface area contributed by atoms with E-state index in [9.17, 15) is 9.59 Å². The maximum atomic E-state index is 13.1. The first-order valence-corrected chi connectivity index (χ1v) is 8.60. The van der Waals surface area contributed by atoms with E-state index in [0.29, 0.717) is 16.7 Å². The van der Waals surface area contributed by atoms with Crippen LogP contribution in [0.5, 0.6) is 0 Å². The maximum Gasteiger partial charge on any atom is 0.334 e. The van der Waals surface area contributed by atoms with Crippen LogP contribution >= 0.6 is 0 Å². The average molecular weight is 342 g/mol. The predicted octanol–water partition coefficient (Wildman–Crippen LogP) is 5.43. The Morgan fingerprint density at radius 3 is 2.04 bits per heavy atom. The van der Waals surface area contributed by atoms with Crippen LogP contribution in [0.1, 0.15) is 47.5 Å². The third-order valence-electron chi connectivity index (χ3n) is 3.69. The van der Waals surface area contributed by atoms with E-state index in [0.717, 1.165) is 18.4 Å². The van der Waals surface area contributed by atoms with Crippen molar-refractivity contribution in [3.05, 3.63) is 70.9 Å². The zero-order chi connectivity index (χ0) is 19.2. The summed E-state index contributed by atoms with van der Waals surface area (Å²) in [6.45, 7) is 9.49. The highest BCUT2D eigenvalue weighted by Crippen LogP contribution is 2.20. The molecule has 0 heterocycles. The van der Waals surface area contributed by atoms with E-state index in [1.807, 2.05) is 58.1 Å². The lowest BCUT2D eigenvalue weighted by Gasteiger charge is -2.10. The second-order valence-corrected chi connectivity index (χ2v) is 5.49. The number of esters is 1. The third kappa shape index (κ3) is 7.79. The van der Waals surface area contributed by atoms with Gasteiger partial charge in [0.25, 0.3) is 0 Å². The summed E-state index contributed by atoms with van der Waals surface area (Å²) >= 11 is 0. The first kappa shape index (κ1) is 22.6. The number of hydrogen-bond donors (Lipinski definition) is 0. The molecule has 0 rings (SSSR count). The van der Waals surface area contributed by atoms with Crippen molar-refractivity contribution in [3.63, 3.8) is 0 Å². The fourth-order valence-corrected chi connectivity index (χ4v) is 2.01. The number of rotatable bonds is 9. The van der Waals surface area contributed by atoms with Crippen molar-refractivity contribution in [2.24, 2.45) is 0 Å². The van der Waals surface area contributed by atoms with Gasteiger partial charge < -0.3 is 4.74 Å². The van der Waals surface area contributed by atoms with E-state index in [1.54, 1.807) is 25.2 Å². The largest absolute Gasteiger partial charge is 0.466 e. The lowest BCUT2D eigenvalue weighted by Crippen LogP contribution is -2.12. The van der Waals surface area contributed by atoms with Gasteiger partial charge in [-0.25, -0.2) is 4.79 Å². The highest BCUT2D eigenvalue weighted by atomic mass is 16.5. The van der Waals surface area contributed by atoms with Crippen molar-refractivity contribution in [1.82, 2.24) is 0 Å². The Bertz CT molecular complexity index is 638. The Morgan fingerprint density at radius 1 is 0.920 bits per heavy atom. The molecule has 3 nitrogen and oxygen atoms in total. The predicted molar refractivity (Wildman–Crippen MR) is 105 cm³/mol.